The monoisotopic (exact) mass is 429 g/mol. The molecule has 4 aromatic rings. The fourth-order valence-corrected chi connectivity index (χ4v) is 4.57. The number of thiophene rings is 1. The largest absolute Gasteiger partial charge is 0.493 e. The van der Waals surface area contributed by atoms with Crippen LogP contribution >= 0.6 is 11.3 Å². The van der Waals surface area contributed by atoms with Crippen molar-refractivity contribution in [1.82, 2.24) is 0 Å². The maximum atomic E-state index is 13.2. The van der Waals surface area contributed by atoms with E-state index in [4.69, 9.17) is 4.74 Å². The van der Waals surface area contributed by atoms with Crippen LogP contribution in [0, 0.1) is 12.8 Å². The number of fused-ring (bicyclic) bond motifs is 1. The number of nitrogens with one attached hydrogen (secondary N) is 1. The molecule has 0 saturated carbocycles. The number of carbonyl (C=O) groups excluding carboxylic acids is 1. The molecule has 0 atom stereocenters. The molecule has 4 heteroatoms. The van der Waals surface area contributed by atoms with Gasteiger partial charge in [-0.05, 0) is 66.1 Å². The first-order valence-corrected chi connectivity index (χ1v) is 11.4. The van der Waals surface area contributed by atoms with Crippen LogP contribution in [-0.2, 0) is 6.42 Å². The normalized spacial score (nSPS) is 11.1. The second-order valence-corrected chi connectivity index (χ2v) is 9.30. The predicted octanol–water partition coefficient (Wildman–Crippen LogP) is 7.09. The lowest BCUT2D eigenvalue weighted by atomic mass is 10.0. The molecule has 1 N–H and O–H groups in total. The number of aryl methyl sites for hydroxylation is 1. The number of amides is 1. The Labute approximate surface area is 187 Å². The van der Waals surface area contributed by atoms with Crippen molar-refractivity contribution in [3.8, 4) is 5.75 Å². The maximum Gasteiger partial charge on any atom is 0.266 e. The molecule has 1 amide bonds. The lowest BCUT2D eigenvalue weighted by molar-refractivity contribution is 0.103. The SMILES string of the molecule is Cc1ccc(Cc2c(C(=O)Nc3ccc(OCC(C)C)cc3)sc3ccccc23)cc1. The standard InChI is InChI=1S/C27H27NO2S/c1-18(2)17-30-22-14-12-21(13-15-22)28-27(29)26-24(16-20-10-8-19(3)9-11-20)23-6-4-5-7-25(23)31-26/h4-15,18H,16-17H2,1-3H3,(H,28,29). The molecule has 0 saturated heterocycles. The van der Waals surface area contributed by atoms with Gasteiger partial charge >= 0.3 is 0 Å². The van der Waals surface area contributed by atoms with Gasteiger partial charge in [0.15, 0.2) is 0 Å². The first-order chi connectivity index (χ1) is 15.0. The smallest absolute Gasteiger partial charge is 0.266 e. The van der Waals surface area contributed by atoms with E-state index in [2.05, 4.69) is 62.5 Å². The summed E-state index contributed by atoms with van der Waals surface area (Å²) in [5, 5.41) is 4.21. The molecule has 1 heterocycles. The fourth-order valence-electron chi connectivity index (χ4n) is 3.45. The summed E-state index contributed by atoms with van der Waals surface area (Å²) in [6.45, 7) is 7.00. The Kier molecular flexibility index (Phi) is 6.38. The van der Waals surface area contributed by atoms with Crippen molar-refractivity contribution in [3.63, 3.8) is 0 Å². The minimum Gasteiger partial charge on any atom is -0.493 e. The molecule has 0 radical (unpaired) electrons. The van der Waals surface area contributed by atoms with Crippen LogP contribution in [0.4, 0.5) is 5.69 Å². The van der Waals surface area contributed by atoms with E-state index in [9.17, 15) is 4.79 Å². The summed E-state index contributed by atoms with van der Waals surface area (Å²) in [6.07, 6.45) is 0.731. The second kappa shape index (κ2) is 9.36. The van der Waals surface area contributed by atoms with Gasteiger partial charge in [-0.15, -0.1) is 11.3 Å². The van der Waals surface area contributed by atoms with E-state index in [0.29, 0.717) is 12.5 Å². The van der Waals surface area contributed by atoms with Gasteiger partial charge in [-0.25, -0.2) is 0 Å². The van der Waals surface area contributed by atoms with E-state index in [0.717, 1.165) is 38.4 Å². The van der Waals surface area contributed by atoms with Crippen molar-refractivity contribution >= 4 is 33.0 Å². The fraction of sp³-hybridized carbons (Fsp3) is 0.222. The van der Waals surface area contributed by atoms with Gasteiger partial charge in [0.1, 0.15) is 5.75 Å². The van der Waals surface area contributed by atoms with E-state index in [-0.39, 0.29) is 5.91 Å². The number of hydrogen-bond acceptors (Lipinski definition) is 3. The van der Waals surface area contributed by atoms with Crippen LogP contribution in [0.5, 0.6) is 5.75 Å². The van der Waals surface area contributed by atoms with Crippen LogP contribution in [0.2, 0.25) is 0 Å². The average molecular weight is 430 g/mol. The van der Waals surface area contributed by atoms with Crippen molar-refractivity contribution < 1.29 is 9.53 Å². The molecular weight excluding hydrogens is 402 g/mol. The zero-order valence-electron chi connectivity index (χ0n) is 18.1. The minimum absolute atomic E-state index is 0.0702. The average Bonchev–Trinajstić information content (AvgIpc) is 3.13. The first kappa shape index (κ1) is 21.1. The van der Waals surface area contributed by atoms with Gasteiger partial charge in [-0.1, -0.05) is 61.9 Å². The summed E-state index contributed by atoms with van der Waals surface area (Å²) < 4.78 is 6.87. The lowest BCUT2D eigenvalue weighted by Crippen LogP contribution is -2.12. The summed E-state index contributed by atoms with van der Waals surface area (Å²) in [5.41, 5.74) is 4.28. The van der Waals surface area contributed by atoms with Gasteiger partial charge < -0.3 is 10.1 Å². The Morgan fingerprint density at radius 2 is 1.68 bits per heavy atom. The van der Waals surface area contributed by atoms with Crippen molar-refractivity contribution in [2.75, 3.05) is 11.9 Å². The Bertz CT molecular complexity index is 1170. The molecule has 3 aromatic carbocycles. The topological polar surface area (TPSA) is 38.3 Å². The van der Waals surface area contributed by atoms with E-state index >= 15 is 0 Å². The molecule has 0 bridgehead atoms. The van der Waals surface area contributed by atoms with E-state index in [1.54, 1.807) is 11.3 Å². The zero-order valence-corrected chi connectivity index (χ0v) is 19.0. The number of benzene rings is 3. The highest BCUT2D eigenvalue weighted by Crippen LogP contribution is 2.33. The molecule has 3 nitrogen and oxygen atoms in total. The molecule has 0 spiro atoms. The lowest BCUT2D eigenvalue weighted by Gasteiger charge is -2.10. The maximum absolute atomic E-state index is 13.2. The predicted molar refractivity (Wildman–Crippen MR) is 131 cm³/mol. The van der Waals surface area contributed by atoms with Crippen LogP contribution in [0.25, 0.3) is 10.1 Å². The van der Waals surface area contributed by atoms with E-state index in [1.807, 2.05) is 36.4 Å². The van der Waals surface area contributed by atoms with Gasteiger partial charge in [0.05, 0.1) is 11.5 Å². The molecule has 0 unspecified atom stereocenters. The molecule has 4 rings (SSSR count). The third-order valence-corrected chi connectivity index (χ3v) is 6.31. The van der Waals surface area contributed by atoms with Crippen molar-refractivity contribution in [2.45, 2.75) is 27.2 Å². The van der Waals surface area contributed by atoms with Crippen LogP contribution in [0.1, 0.15) is 40.2 Å². The van der Waals surface area contributed by atoms with Crippen LogP contribution < -0.4 is 10.1 Å². The highest BCUT2D eigenvalue weighted by molar-refractivity contribution is 7.21. The van der Waals surface area contributed by atoms with Gasteiger partial charge in [-0.3, -0.25) is 4.79 Å². The summed E-state index contributed by atoms with van der Waals surface area (Å²) in [4.78, 5) is 14.0. The Morgan fingerprint density at radius 1 is 0.968 bits per heavy atom. The highest BCUT2D eigenvalue weighted by Gasteiger charge is 2.19. The third kappa shape index (κ3) is 5.15. The zero-order chi connectivity index (χ0) is 21.8. The van der Waals surface area contributed by atoms with Gasteiger partial charge in [0.2, 0.25) is 0 Å². The van der Waals surface area contributed by atoms with Crippen molar-refractivity contribution in [1.29, 1.82) is 0 Å². The number of hydrogen-bond donors (Lipinski definition) is 1. The van der Waals surface area contributed by atoms with Crippen LogP contribution in [-0.4, -0.2) is 12.5 Å². The molecular formula is C27H27NO2S. The summed E-state index contributed by atoms with van der Waals surface area (Å²) >= 11 is 1.55. The Balaban J connectivity index is 1.58. The van der Waals surface area contributed by atoms with E-state index < -0.39 is 0 Å². The Hall–Kier alpha value is -3.11. The molecule has 31 heavy (non-hydrogen) atoms. The minimum atomic E-state index is -0.0702. The van der Waals surface area contributed by atoms with Gasteiger partial charge in [-0.2, -0.15) is 0 Å². The molecule has 158 valence electrons. The number of carbonyl (C=O) groups is 1. The highest BCUT2D eigenvalue weighted by atomic mass is 32.1. The molecule has 0 aliphatic heterocycles. The molecule has 0 fully saturated rings. The number of ether oxygens (including phenoxy) is 1. The third-order valence-electron chi connectivity index (χ3n) is 5.10. The van der Waals surface area contributed by atoms with Gasteiger partial charge in [0, 0.05) is 10.4 Å². The van der Waals surface area contributed by atoms with Crippen LogP contribution in [0.15, 0.2) is 72.8 Å². The van der Waals surface area contributed by atoms with E-state index in [1.165, 1.54) is 11.1 Å². The quantitative estimate of drug-likeness (QED) is 0.341. The summed E-state index contributed by atoms with van der Waals surface area (Å²) in [5.74, 6) is 1.21. The van der Waals surface area contributed by atoms with Crippen LogP contribution in [0.3, 0.4) is 0 Å². The second-order valence-electron chi connectivity index (χ2n) is 8.25. The van der Waals surface area contributed by atoms with Gasteiger partial charge in [0.25, 0.3) is 5.91 Å². The van der Waals surface area contributed by atoms with Crippen molar-refractivity contribution in [2.24, 2.45) is 5.92 Å². The Morgan fingerprint density at radius 3 is 2.39 bits per heavy atom. The molecule has 0 aliphatic carbocycles. The number of rotatable bonds is 7. The summed E-state index contributed by atoms with van der Waals surface area (Å²) in [6, 6.07) is 24.3. The molecule has 0 aliphatic rings. The molecule has 1 aromatic heterocycles. The summed E-state index contributed by atoms with van der Waals surface area (Å²) in [7, 11) is 0. The first-order valence-electron chi connectivity index (χ1n) is 10.6. The van der Waals surface area contributed by atoms with Crippen molar-refractivity contribution in [3.05, 3.63) is 94.4 Å². The number of anilines is 1.